The van der Waals surface area contributed by atoms with Crippen molar-refractivity contribution in [3.63, 3.8) is 0 Å². The van der Waals surface area contributed by atoms with E-state index >= 15 is 0 Å². The third-order valence-electron chi connectivity index (χ3n) is 0.648. The smallest absolute Gasteiger partial charge is 0.408 e. The maximum atomic E-state index is 9.73. The van der Waals surface area contributed by atoms with E-state index in [1.807, 2.05) is 0 Å². The minimum absolute atomic E-state index is 0.313. The van der Waals surface area contributed by atoms with E-state index < -0.39 is 17.9 Å². The van der Waals surface area contributed by atoms with Gasteiger partial charge in [0.25, 0.3) is 0 Å². The van der Waals surface area contributed by atoms with Gasteiger partial charge in [-0.3, -0.25) is 14.9 Å². The van der Waals surface area contributed by atoms with E-state index in [0.717, 1.165) is 6.07 Å². The van der Waals surface area contributed by atoms with Crippen LogP contribution in [0.5, 0.6) is 0 Å². The molecule has 14 heavy (non-hydrogen) atoms. The van der Waals surface area contributed by atoms with Crippen molar-refractivity contribution in [2.24, 2.45) is 0 Å². The molecule has 0 heterocycles. The van der Waals surface area contributed by atoms with Gasteiger partial charge in [0.1, 0.15) is 0 Å². The van der Waals surface area contributed by atoms with Crippen molar-refractivity contribution in [3.8, 4) is 6.07 Å². The Hall–Kier alpha value is -2.14. The van der Waals surface area contributed by atoms with E-state index in [1.54, 1.807) is 0 Å². The largest absolute Gasteiger partial charge is 0.480 e. The van der Waals surface area contributed by atoms with Crippen LogP contribution >= 0.6 is 0 Å². The number of nitriles is 1. The summed E-state index contributed by atoms with van der Waals surface area (Å²) in [4.78, 5) is 28.5. The van der Waals surface area contributed by atoms with Crippen molar-refractivity contribution in [2.75, 3.05) is 13.1 Å². The predicted octanol–water partition coefficient (Wildman–Crippen LogP) is -1.66. The number of hydrogen-bond donors (Lipinski definition) is 4. The maximum Gasteiger partial charge on any atom is 0.408 e. The van der Waals surface area contributed by atoms with Crippen molar-refractivity contribution in [2.45, 2.75) is 0 Å². The zero-order valence-electron chi connectivity index (χ0n) is 6.93. The second kappa shape index (κ2) is 8.95. The summed E-state index contributed by atoms with van der Waals surface area (Å²) in [5.74, 6) is -3.56. The Morgan fingerprint density at radius 1 is 1.07 bits per heavy atom. The third kappa shape index (κ3) is 22.5. The number of aliphatic carboxylic acids is 3. The first-order valence-corrected chi connectivity index (χ1v) is 3.17. The molecule has 0 radical (unpaired) electrons. The molecule has 0 aromatic carbocycles. The van der Waals surface area contributed by atoms with Crippen LogP contribution in [-0.4, -0.2) is 46.3 Å². The summed E-state index contributed by atoms with van der Waals surface area (Å²) in [7, 11) is 0. The monoisotopic (exact) mass is 204 g/mol. The molecular formula is C6H8N2O6. The quantitative estimate of drug-likeness (QED) is 0.314. The molecule has 0 rings (SSSR count). The lowest BCUT2D eigenvalue weighted by molar-refractivity contribution is -0.137. The lowest BCUT2D eigenvalue weighted by Gasteiger charge is -1.93. The number of hydrogen-bond acceptors (Lipinski definition) is 5. The van der Waals surface area contributed by atoms with Gasteiger partial charge in [0.15, 0.2) is 6.07 Å². The Morgan fingerprint density at radius 3 is 1.50 bits per heavy atom. The van der Waals surface area contributed by atoms with Gasteiger partial charge in [-0.2, -0.15) is 5.26 Å². The highest BCUT2D eigenvalue weighted by atomic mass is 16.4. The molecule has 0 aromatic rings. The fourth-order valence-electron chi connectivity index (χ4n) is 0.276. The number of rotatable bonds is 4. The molecule has 0 aliphatic carbocycles. The number of carbonyl (C=O) groups is 3. The summed E-state index contributed by atoms with van der Waals surface area (Å²) < 4.78 is 0. The molecule has 8 heteroatoms. The first-order chi connectivity index (χ1) is 6.40. The van der Waals surface area contributed by atoms with Gasteiger partial charge in [-0.25, -0.2) is 4.79 Å². The Labute approximate surface area is 78.4 Å². The molecule has 8 nitrogen and oxygen atoms in total. The van der Waals surface area contributed by atoms with Crippen molar-refractivity contribution in [1.29, 1.82) is 5.26 Å². The molecule has 0 saturated carbocycles. The molecule has 4 N–H and O–H groups in total. The average Bonchev–Trinajstić information content (AvgIpc) is 2.04. The predicted molar refractivity (Wildman–Crippen MR) is 41.4 cm³/mol. The Balaban J connectivity index is 0. The molecule has 0 atom stereocenters. The molecule has 0 fully saturated rings. The number of carboxylic acid groups (broad SMARTS) is 3. The molecule has 0 aliphatic rings. The highest BCUT2D eigenvalue weighted by molar-refractivity contribution is 5.83. The highest BCUT2D eigenvalue weighted by Gasteiger charge is 1.97. The number of carboxylic acids is 3. The minimum atomic E-state index is -1.44. The normalized spacial score (nSPS) is 7.64. The van der Waals surface area contributed by atoms with Crippen LogP contribution in [0.1, 0.15) is 0 Å². The van der Waals surface area contributed by atoms with Crippen LogP contribution < -0.4 is 5.32 Å². The lowest BCUT2D eigenvalue weighted by Crippen LogP contribution is -2.27. The van der Waals surface area contributed by atoms with Crippen LogP contribution in [0.3, 0.4) is 0 Å². The first kappa shape index (κ1) is 14.4. The van der Waals surface area contributed by atoms with Gasteiger partial charge >= 0.3 is 17.9 Å². The molecule has 0 aliphatic heterocycles. The number of nitrogens with zero attached hydrogens (tertiary/aromatic N) is 1. The summed E-state index contributed by atoms with van der Waals surface area (Å²) in [6.07, 6.45) is 0. The van der Waals surface area contributed by atoms with E-state index in [-0.39, 0.29) is 13.1 Å². The van der Waals surface area contributed by atoms with Crippen LogP contribution in [0.15, 0.2) is 0 Å². The SMILES string of the molecule is N#CC(=O)O.O=C(O)CNCC(=O)O. The fraction of sp³-hybridized carbons (Fsp3) is 0.333. The molecule has 78 valence electrons. The van der Waals surface area contributed by atoms with Gasteiger partial charge < -0.3 is 15.3 Å². The van der Waals surface area contributed by atoms with Gasteiger partial charge in [-0.15, -0.1) is 0 Å². The second-order valence-electron chi connectivity index (χ2n) is 1.81. The van der Waals surface area contributed by atoms with Gasteiger partial charge in [-0.05, 0) is 0 Å². The van der Waals surface area contributed by atoms with Crippen molar-refractivity contribution >= 4 is 17.9 Å². The molecule has 0 aromatic heterocycles. The highest BCUT2D eigenvalue weighted by Crippen LogP contribution is 1.61. The summed E-state index contributed by atoms with van der Waals surface area (Å²) in [5, 5.41) is 32.8. The lowest BCUT2D eigenvalue weighted by atomic mass is 10.6. The zero-order valence-corrected chi connectivity index (χ0v) is 6.93. The molecule has 0 amide bonds. The molecule has 0 bridgehead atoms. The van der Waals surface area contributed by atoms with Crippen molar-refractivity contribution in [3.05, 3.63) is 0 Å². The summed E-state index contributed by atoms with van der Waals surface area (Å²) >= 11 is 0. The van der Waals surface area contributed by atoms with E-state index in [0.29, 0.717) is 0 Å². The van der Waals surface area contributed by atoms with Crippen LogP contribution in [0.2, 0.25) is 0 Å². The summed E-state index contributed by atoms with van der Waals surface area (Å²) in [5.41, 5.74) is 0. The third-order valence-corrected chi connectivity index (χ3v) is 0.648. The van der Waals surface area contributed by atoms with Crippen LogP contribution in [0.25, 0.3) is 0 Å². The van der Waals surface area contributed by atoms with Crippen molar-refractivity contribution < 1.29 is 29.7 Å². The summed E-state index contributed by atoms with van der Waals surface area (Å²) in [6, 6.07) is 0.944. The average molecular weight is 204 g/mol. The molecular weight excluding hydrogens is 196 g/mol. The topological polar surface area (TPSA) is 148 Å². The Bertz CT molecular complexity index is 242. The minimum Gasteiger partial charge on any atom is -0.480 e. The molecule has 0 saturated heterocycles. The standard InChI is InChI=1S/C4H7NO4.C2HNO2/c6-3(7)1-5-2-4(8)9;3-1-2(4)5/h5H,1-2H2,(H,6,7)(H,8,9);(H,4,5). The summed E-state index contributed by atoms with van der Waals surface area (Å²) in [6.45, 7) is -0.626. The van der Waals surface area contributed by atoms with E-state index in [2.05, 4.69) is 5.32 Å². The maximum absolute atomic E-state index is 9.73. The van der Waals surface area contributed by atoms with Gasteiger partial charge in [0, 0.05) is 0 Å². The van der Waals surface area contributed by atoms with Gasteiger partial charge in [0.05, 0.1) is 13.1 Å². The first-order valence-electron chi connectivity index (χ1n) is 3.17. The van der Waals surface area contributed by atoms with E-state index in [4.69, 9.17) is 25.4 Å². The Morgan fingerprint density at radius 2 is 1.36 bits per heavy atom. The van der Waals surface area contributed by atoms with E-state index in [9.17, 15) is 9.59 Å². The van der Waals surface area contributed by atoms with Gasteiger partial charge in [-0.1, -0.05) is 0 Å². The van der Waals surface area contributed by atoms with Crippen LogP contribution in [0.4, 0.5) is 0 Å². The van der Waals surface area contributed by atoms with Crippen molar-refractivity contribution in [1.82, 2.24) is 5.32 Å². The van der Waals surface area contributed by atoms with Crippen LogP contribution in [-0.2, 0) is 14.4 Å². The Kier molecular flexibility index (Phi) is 9.20. The molecule has 0 spiro atoms. The van der Waals surface area contributed by atoms with Crippen LogP contribution in [0, 0.1) is 11.3 Å². The zero-order chi connectivity index (χ0) is 11.6. The van der Waals surface area contributed by atoms with Gasteiger partial charge in [0.2, 0.25) is 0 Å². The number of nitrogens with one attached hydrogen (secondary N) is 1. The fourth-order valence-corrected chi connectivity index (χ4v) is 0.276. The van der Waals surface area contributed by atoms with E-state index in [1.165, 1.54) is 0 Å². The molecule has 0 unspecified atom stereocenters. The second-order valence-corrected chi connectivity index (χ2v) is 1.81.